The highest BCUT2D eigenvalue weighted by Crippen LogP contribution is 2.43. The molecule has 22 heavy (non-hydrogen) atoms. The van der Waals surface area contributed by atoms with E-state index in [9.17, 15) is 19.0 Å². The van der Waals surface area contributed by atoms with Crippen LogP contribution in [0.4, 0.5) is 0 Å². The topological polar surface area (TPSA) is 93.1 Å². The summed E-state index contributed by atoms with van der Waals surface area (Å²) in [6.07, 6.45) is 1.56. The van der Waals surface area contributed by atoms with Crippen LogP contribution >= 0.6 is 7.82 Å². The second-order valence-electron chi connectivity index (χ2n) is 5.62. The van der Waals surface area contributed by atoms with Crippen LogP contribution in [0, 0.1) is 5.92 Å². The quantitative estimate of drug-likeness (QED) is 0.511. The first-order chi connectivity index (χ1) is 10.3. The highest BCUT2D eigenvalue weighted by atomic mass is 31.2. The lowest BCUT2D eigenvalue weighted by Crippen LogP contribution is -2.38. The number of carbonyl (C=O) groups is 2. The maximum Gasteiger partial charge on any atom is 0.472 e. The molecule has 0 saturated carbocycles. The first kappa shape index (κ1) is 19.3. The summed E-state index contributed by atoms with van der Waals surface area (Å²) in [7, 11) is -4.05. The van der Waals surface area contributed by atoms with Crippen LogP contribution in [0.3, 0.4) is 0 Å². The minimum atomic E-state index is -4.05. The summed E-state index contributed by atoms with van der Waals surface area (Å²) >= 11 is 0. The summed E-state index contributed by atoms with van der Waals surface area (Å²) in [6.45, 7) is 6.01. The standard InChI is InChI=1S/C14H26NO6P/c1-4-13(16)6-7-14(17)15-9-11(3)8-12(15)10-21-22(18,19)20-5-2/h11-12H,4-10H2,1-3H3,(H,18,19)/t11-,12+/m1/s1/i20+2,21+2. The smallest absolute Gasteiger partial charge is 0.337 e. The van der Waals surface area contributed by atoms with Crippen LogP contribution in [0.15, 0.2) is 0 Å². The van der Waals surface area contributed by atoms with Crippen molar-refractivity contribution in [2.75, 3.05) is 19.8 Å². The Kier molecular flexibility index (Phi) is 7.69. The lowest BCUT2D eigenvalue weighted by Gasteiger charge is -2.25. The molecule has 128 valence electrons. The maximum atomic E-state index is 12.2. The van der Waals surface area contributed by atoms with Crippen LogP contribution in [0.5, 0.6) is 0 Å². The zero-order chi connectivity index (χ0) is 16.8. The number of Topliss-reactive ketones (excluding diaryl/α,β-unsaturated/α-hetero) is 1. The Hall–Kier alpha value is -0.750. The van der Waals surface area contributed by atoms with Crippen molar-refractivity contribution < 1.29 is 28.1 Å². The van der Waals surface area contributed by atoms with Crippen LogP contribution in [-0.4, -0.2) is 47.3 Å². The fraction of sp³-hybridized carbons (Fsp3) is 0.857. The van der Waals surface area contributed by atoms with E-state index in [1.807, 2.05) is 6.92 Å². The van der Waals surface area contributed by atoms with Crippen LogP contribution in [0.2, 0.25) is 0 Å². The fourth-order valence-corrected chi connectivity index (χ4v) is 3.32. The van der Waals surface area contributed by atoms with E-state index in [-0.39, 0.29) is 43.8 Å². The van der Waals surface area contributed by atoms with Gasteiger partial charge in [0.1, 0.15) is 5.78 Å². The van der Waals surface area contributed by atoms with E-state index in [1.54, 1.807) is 18.7 Å². The molecular weight excluding hydrogens is 313 g/mol. The number of nitrogens with zero attached hydrogens (tertiary/aromatic N) is 1. The molecule has 3 atom stereocenters. The molecule has 1 aliphatic rings. The Bertz CT molecular complexity index is 441. The minimum absolute atomic E-state index is 0.0361. The SMILES string of the molecule is CC[18O]P(=O)(O)[18O]C[C@@H]1C[C@@H](C)CN1C(=O)CCC(=O)CC. The number of rotatable bonds is 9. The van der Waals surface area contributed by atoms with E-state index < -0.39 is 7.82 Å². The van der Waals surface area contributed by atoms with Crippen molar-refractivity contribution in [3.05, 3.63) is 0 Å². The predicted octanol–water partition coefficient (Wildman–Crippen LogP) is 2.14. The second-order valence-corrected chi connectivity index (χ2v) is 7.07. The van der Waals surface area contributed by atoms with Crippen LogP contribution in [0.1, 0.15) is 46.5 Å². The van der Waals surface area contributed by atoms with Crippen LogP contribution in [0.25, 0.3) is 0 Å². The molecule has 1 saturated heterocycles. The molecule has 1 fully saturated rings. The van der Waals surface area contributed by atoms with Gasteiger partial charge in [-0.2, -0.15) is 0 Å². The lowest BCUT2D eigenvalue weighted by atomic mass is 10.1. The molecule has 1 amide bonds. The predicted molar refractivity (Wildman–Crippen MR) is 81.2 cm³/mol. The lowest BCUT2D eigenvalue weighted by molar-refractivity contribution is -0.134. The highest BCUT2D eigenvalue weighted by molar-refractivity contribution is 7.47. The number of amides is 1. The molecule has 7 nitrogen and oxygen atoms in total. The zero-order valence-electron chi connectivity index (χ0n) is 13.5. The first-order valence-corrected chi connectivity index (χ1v) is 9.21. The van der Waals surface area contributed by atoms with Crippen molar-refractivity contribution in [2.45, 2.75) is 52.5 Å². The van der Waals surface area contributed by atoms with E-state index in [4.69, 9.17) is 4.52 Å². The van der Waals surface area contributed by atoms with Gasteiger partial charge in [-0.3, -0.25) is 18.6 Å². The Balaban J connectivity index is 2.55. The number of phosphoric acid groups is 1. The molecule has 0 aliphatic carbocycles. The molecule has 0 aromatic carbocycles. The largest absolute Gasteiger partial charge is 0.472 e. The van der Waals surface area contributed by atoms with Gasteiger partial charge in [-0.05, 0) is 19.3 Å². The summed E-state index contributed by atoms with van der Waals surface area (Å²) in [4.78, 5) is 34.6. The summed E-state index contributed by atoms with van der Waals surface area (Å²) in [5, 5.41) is 0. The summed E-state index contributed by atoms with van der Waals surface area (Å²) < 4.78 is 21.1. The maximum absolute atomic E-state index is 12.2. The summed E-state index contributed by atoms with van der Waals surface area (Å²) in [5.74, 6) is 0.248. The molecular formula is C14H26NO6P. The summed E-state index contributed by atoms with van der Waals surface area (Å²) in [6, 6.07) is -0.250. The van der Waals surface area contributed by atoms with Gasteiger partial charge in [-0.15, -0.1) is 0 Å². The van der Waals surface area contributed by atoms with E-state index in [1.165, 1.54) is 0 Å². The number of hydrogen-bond donors (Lipinski definition) is 1. The van der Waals surface area contributed by atoms with Gasteiger partial charge in [0.15, 0.2) is 0 Å². The number of ketones is 1. The van der Waals surface area contributed by atoms with Crippen molar-refractivity contribution in [2.24, 2.45) is 5.92 Å². The summed E-state index contributed by atoms with van der Waals surface area (Å²) in [5.41, 5.74) is 0. The molecule has 0 aromatic heterocycles. The number of carbonyl (C=O) groups excluding carboxylic acids is 2. The van der Waals surface area contributed by atoms with Gasteiger partial charge < -0.3 is 9.79 Å². The molecule has 1 N–H and O–H groups in total. The van der Waals surface area contributed by atoms with Crippen molar-refractivity contribution in [1.82, 2.24) is 4.90 Å². The molecule has 1 rings (SSSR count). The number of hydrogen-bond acceptors (Lipinski definition) is 5. The normalized spacial score (nSPS) is 24.3. The third kappa shape index (κ3) is 6.16. The van der Waals surface area contributed by atoms with E-state index in [2.05, 4.69) is 4.52 Å². The van der Waals surface area contributed by atoms with Gasteiger partial charge in [-0.1, -0.05) is 13.8 Å². The van der Waals surface area contributed by atoms with E-state index in [0.717, 1.165) is 0 Å². The van der Waals surface area contributed by atoms with E-state index in [0.29, 0.717) is 25.3 Å². The Morgan fingerprint density at radius 2 is 1.95 bits per heavy atom. The van der Waals surface area contributed by atoms with Gasteiger partial charge in [0.25, 0.3) is 0 Å². The molecule has 1 aliphatic heterocycles. The second kappa shape index (κ2) is 8.77. The van der Waals surface area contributed by atoms with Crippen molar-refractivity contribution in [1.29, 1.82) is 0 Å². The highest BCUT2D eigenvalue weighted by Gasteiger charge is 2.35. The van der Waals surface area contributed by atoms with Crippen molar-refractivity contribution in [3.63, 3.8) is 0 Å². The first-order valence-electron chi connectivity index (χ1n) is 7.72. The van der Waals surface area contributed by atoms with E-state index >= 15 is 0 Å². The average Bonchev–Trinajstić information content (AvgIpc) is 2.83. The Morgan fingerprint density at radius 1 is 1.27 bits per heavy atom. The minimum Gasteiger partial charge on any atom is -0.337 e. The Morgan fingerprint density at radius 3 is 2.55 bits per heavy atom. The van der Waals surface area contributed by atoms with Gasteiger partial charge in [0.05, 0.1) is 19.3 Å². The van der Waals surface area contributed by atoms with Gasteiger partial charge in [0.2, 0.25) is 5.91 Å². The molecule has 0 spiro atoms. The van der Waals surface area contributed by atoms with Crippen molar-refractivity contribution >= 4 is 19.5 Å². The molecule has 0 radical (unpaired) electrons. The van der Waals surface area contributed by atoms with Gasteiger partial charge in [0, 0.05) is 25.8 Å². The molecule has 0 bridgehead atoms. The third-order valence-corrected chi connectivity index (χ3v) is 4.74. The molecule has 1 heterocycles. The number of likely N-dealkylation sites (tertiary alicyclic amines) is 1. The van der Waals surface area contributed by atoms with Crippen molar-refractivity contribution in [3.8, 4) is 0 Å². The van der Waals surface area contributed by atoms with Gasteiger partial charge >= 0.3 is 7.82 Å². The molecule has 1 unspecified atom stereocenters. The Labute approximate surface area is 131 Å². The van der Waals surface area contributed by atoms with Gasteiger partial charge in [-0.25, -0.2) is 4.57 Å². The number of phosphoric ester groups is 1. The zero-order valence-corrected chi connectivity index (χ0v) is 14.4. The monoisotopic (exact) mass is 339 g/mol. The third-order valence-electron chi connectivity index (χ3n) is 3.68. The average molecular weight is 339 g/mol. The molecule has 8 heteroatoms. The van der Waals surface area contributed by atoms with Crippen LogP contribution in [-0.2, 0) is 23.2 Å². The van der Waals surface area contributed by atoms with Crippen LogP contribution < -0.4 is 0 Å². The molecule has 0 aromatic rings. The fourth-order valence-electron chi connectivity index (χ4n) is 2.56.